The summed E-state index contributed by atoms with van der Waals surface area (Å²) in [5.74, 6) is -1.23. The van der Waals surface area contributed by atoms with Gasteiger partial charge in [0.2, 0.25) is 0 Å². The summed E-state index contributed by atoms with van der Waals surface area (Å²) in [4.78, 5) is 12.5. The third kappa shape index (κ3) is 8.36. The molecule has 0 N–H and O–H groups in total. The molecule has 9 heteroatoms. The Hall–Kier alpha value is -4.79. The van der Waals surface area contributed by atoms with E-state index in [2.05, 4.69) is 27.4 Å². The Morgan fingerprint density at radius 1 is 0.675 bits per heavy atom. The molecule has 0 atom stereocenters. The van der Waals surface area contributed by atoms with Gasteiger partial charge >= 0.3 is 5.97 Å². The molecular formula is C31H28F2N4O3. The van der Waals surface area contributed by atoms with E-state index in [0.717, 1.165) is 24.7 Å². The number of benzene rings is 4. The number of esters is 1. The Morgan fingerprint density at radius 2 is 1.30 bits per heavy atom. The van der Waals surface area contributed by atoms with Gasteiger partial charge in [-0.2, -0.15) is 10.2 Å². The first kappa shape index (κ1) is 28.2. The van der Waals surface area contributed by atoms with Gasteiger partial charge in [-0.25, -0.2) is 13.6 Å². The first-order valence-corrected chi connectivity index (χ1v) is 12.9. The molecule has 0 amide bonds. The number of nitrogens with zero attached hydrogens (tertiary/aromatic N) is 4. The minimum atomic E-state index is -0.771. The van der Waals surface area contributed by atoms with E-state index in [1.54, 1.807) is 30.3 Å². The standard InChI is InChI=1S/C31H28F2N4O3/c1-2-3-4-7-20-39-25-16-14-24(15-17-25)35-34-23-12-10-22(11-13-23)31(38)40-26-18-19-30(28(33)21-26)37-36-29-9-6-5-8-27(29)32/h5-6,8-19,21H,2-4,7,20H2,1H3. The van der Waals surface area contributed by atoms with Crippen molar-refractivity contribution in [2.24, 2.45) is 20.5 Å². The second-order valence-electron chi connectivity index (χ2n) is 8.80. The van der Waals surface area contributed by atoms with E-state index in [1.807, 2.05) is 24.3 Å². The summed E-state index contributed by atoms with van der Waals surface area (Å²) in [7, 11) is 0. The van der Waals surface area contributed by atoms with Crippen molar-refractivity contribution >= 4 is 28.7 Å². The Morgan fingerprint density at radius 3 is 1.95 bits per heavy atom. The van der Waals surface area contributed by atoms with Crippen LogP contribution in [0, 0.1) is 11.6 Å². The molecular weight excluding hydrogens is 514 g/mol. The van der Waals surface area contributed by atoms with E-state index in [-0.39, 0.29) is 22.7 Å². The summed E-state index contributed by atoms with van der Waals surface area (Å²) in [6, 6.07) is 23.1. The minimum Gasteiger partial charge on any atom is -0.494 e. The monoisotopic (exact) mass is 542 g/mol. The van der Waals surface area contributed by atoms with Crippen molar-refractivity contribution in [3.63, 3.8) is 0 Å². The lowest BCUT2D eigenvalue weighted by molar-refractivity contribution is 0.0734. The van der Waals surface area contributed by atoms with E-state index in [0.29, 0.717) is 18.0 Å². The van der Waals surface area contributed by atoms with Crippen molar-refractivity contribution < 1.29 is 23.0 Å². The van der Waals surface area contributed by atoms with Gasteiger partial charge in [-0.1, -0.05) is 38.3 Å². The number of halogens is 2. The molecule has 0 bridgehead atoms. The molecule has 0 aliphatic carbocycles. The van der Waals surface area contributed by atoms with Gasteiger partial charge in [-0.3, -0.25) is 0 Å². The van der Waals surface area contributed by atoms with Crippen LogP contribution in [0.3, 0.4) is 0 Å². The molecule has 4 rings (SSSR count). The maximum absolute atomic E-state index is 14.4. The summed E-state index contributed by atoms with van der Waals surface area (Å²) >= 11 is 0. The van der Waals surface area contributed by atoms with Crippen LogP contribution < -0.4 is 9.47 Å². The fourth-order valence-electron chi connectivity index (χ4n) is 3.55. The van der Waals surface area contributed by atoms with Crippen molar-refractivity contribution in [3.8, 4) is 11.5 Å². The molecule has 0 unspecified atom stereocenters. The molecule has 0 aliphatic heterocycles. The average molecular weight is 543 g/mol. The summed E-state index contributed by atoms with van der Waals surface area (Å²) in [6.07, 6.45) is 4.61. The van der Waals surface area contributed by atoms with Gasteiger partial charge < -0.3 is 9.47 Å². The van der Waals surface area contributed by atoms with Gasteiger partial charge in [-0.05, 0) is 79.2 Å². The highest BCUT2D eigenvalue weighted by Crippen LogP contribution is 2.27. The molecule has 0 spiro atoms. The molecule has 0 saturated heterocycles. The number of carbonyl (C=O) groups excluding carboxylic acids is 1. The number of ether oxygens (including phenoxy) is 2. The van der Waals surface area contributed by atoms with Crippen LogP contribution in [-0.4, -0.2) is 12.6 Å². The van der Waals surface area contributed by atoms with Crippen molar-refractivity contribution in [2.75, 3.05) is 6.61 Å². The molecule has 40 heavy (non-hydrogen) atoms. The van der Waals surface area contributed by atoms with Gasteiger partial charge in [0.25, 0.3) is 0 Å². The van der Waals surface area contributed by atoms with E-state index < -0.39 is 17.6 Å². The van der Waals surface area contributed by atoms with Crippen molar-refractivity contribution in [1.29, 1.82) is 0 Å². The maximum atomic E-state index is 14.4. The number of carbonyl (C=O) groups is 1. The highest BCUT2D eigenvalue weighted by Gasteiger charge is 2.11. The summed E-state index contributed by atoms with van der Waals surface area (Å²) < 4.78 is 39.1. The molecule has 0 aromatic heterocycles. The van der Waals surface area contributed by atoms with Gasteiger partial charge in [-0.15, -0.1) is 10.2 Å². The van der Waals surface area contributed by atoms with E-state index in [4.69, 9.17) is 9.47 Å². The van der Waals surface area contributed by atoms with Crippen LogP contribution in [0.25, 0.3) is 0 Å². The molecule has 0 saturated carbocycles. The minimum absolute atomic E-state index is 0.00973. The van der Waals surface area contributed by atoms with Gasteiger partial charge in [0.1, 0.15) is 22.9 Å². The fraction of sp³-hybridized carbons (Fsp3) is 0.194. The molecule has 4 aromatic rings. The third-order valence-electron chi connectivity index (χ3n) is 5.73. The second kappa shape index (κ2) is 14.4. The van der Waals surface area contributed by atoms with Crippen LogP contribution in [0.5, 0.6) is 11.5 Å². The van der Waals surface area contributed by atoms with Crippen LogP contribution in [0.2, 0.25) is 0 Å². The summed E-state index contributed by atoms with van der Waals surface area (Å²) in [6.45, 7) is 2.87. The smallest absolute Gasteiger partial charge is 0.343 e. The Labute approximate surface area is 231 Å². The lowest BCUT2D eigenvalue weighted by Crippen LogP contribution is -2.08. The quantitative estimate of drug-likeness (QED) is 0.0772. The predicted molar refractivity (Wildman–Crippen MR) is 149 cm³/mol. The van der Waals surface area contributed by atoms with Gasteiger partial charge in [0.05, 0.1) is 23.5 Å². The third-order valence-corrected chi connectivity index (χ3v) is 5.73. The molecule has 0 heterocycles. The average Bonchev–Trinajstić information content (AvgIpc) is 2.97. The Kier molecular flexibility index (Phi) is 10.2. The van der Waals surface area contributed by atoms with Crippen molar-refractivity contribution in [1.82, 2.24) is 0 Å². The lowest BCUT2D eigenvalue weighted by atomic mass is 10.2. The summed E-state index contributed by atoms with van der Waals surface area (Å²) in [5.41, 5.74) is 1.32. The van der Waals surface area contributed by atoms with Crippen molar-refractivity contribution in [2.45, 2.75) is 32.6 Å². The Balaban J connectivity index is 1.30. The van der Waals surface area contributed by atoms with E-state index >= 15 is 0 Å². The number of rotatable bonds is 12. The van der Waals surface area contributed by atoms with E-state index in [1.165, 1.54) is 43.2 Å². The first-order chi connectivity index (χ1) is 19.5. The lowest BCUT2D eigenvalue weighted by Gasteiger charge is -2.06. The number of unbranched alkanes of at least 4 members (excludes halogenated alkanes) is 3. The molecule has 7 nitrogen and oxygen atoms in total. The van der Waals surface area contributed by atoms with Gasteiger partial charge in [0.15, 0.2) is 11.6 Å². The Bertz CT molecular complexity index is 1470. The van der Waals surface area contributed by atoms with Crippen LogP contribution in [-0.2, 0) is 0 Å². The zero-order chi connectivity index (χ0) is 28.2. The molecule has 0 radical (unpaired) electrons. The number of hydrogen-bond donors (Lipinski definition) is 0. The highest BCUT2D eigenvalue weighted by atomic mass is 19.1. The summed E-state index contributed by atoms with van der Waals surface area (Å²) in [5, 5.41) is 15.9. The second-order valence-corrected chi connectivity index (χ2v) is 8.80. The van der Waals surface area contributed by atoms with Crippen LogP contribution in [0.4, 0.5) is 31.5 Å². The predicted octanol–water partition coefficient (Wildman–Crippen LogP) is 9.97. The zero-order valence-corrected chi connectivity index (χ0v) is 22.0. The number of azo groups is 2. The molecule has 204 valence electrons. The topological polar surface area (TPSA) is 85.0 Å². The van der Waals surface area contributed by atoms with Crippen LogP contribution in [0.15, 0.2) is 111 Å². The normalized spacial score (nSPS) is 11.3. The molecule has 0 aliphatic rings. The fourth-order valence-corrected chi connectivity index (χ4v) is 3.55. The maximum Gasteiger partial charge on any atom is 0.343 e. The zero-order valence-electron chi connectivity index (χ0n) is 22.0. The van der Waals surface area contributed by atoms with E-state index in [9.17, 15) is 13.6 Å². The molecule has 4 aromatic carbocycles. The molecule has 0 fully saturated rings. The van der Waals surface area contributed by atoms with Crippen LogP contribution >= 0.6 is 0 Å². The van der Waals surface area contributed by atoms with Crippen LogP contribution in [0.1, 0.15) is 43.0 Å². The van der Waals surface area contributed by atoms with Gasteiger partial charge in [0, 0.05) is 6.07 Å². The number of hydrogen-bond acceptors (Lipinski definition) is 7. The van der Waals surface area contributed by atoms with Crippen molar-refractivity contribution in [3.05, 3.63) is 108 Å². The SMILES string of the molecule is CCCCCCOc1ccc(N=Nc2ccc(C(=O)Oc3ccc(N=Nc4ccccc4F)c(F)c3)cc2)cc1. The first-order valence-electron chi connectivity index (χ1n) is 12.9. The largest absolute Gasteiger partial charge is 0.494 e. The highest BCUT2D eigenvalue weighted by molar-refractivity contribution is 5.91.